The predicted molar refractivity (Wildman–Crippen MR) is 172 cm³/mol. The van der Waals surface area contributed by atoms with Gasteiger partial charge in [-0.1, -0.05) is 24.0 Å². The summed E-state index contributed by atoms with van der Waals surface area (Å²) in [6, 6.07) is 16.7. The van der Waals surface area contributed by atoms with Gasteiger partial charge in [0.2, 0.25) is 11.9 Å². The van der Waals surface area contributed by atoms with Crippen molar-refractivity contribution in [1.82, 2.24) is 39.9 Å². The molecule has 6 aromatic rings. The Morgan fingerprint density at radius 3 is 1.83 bits per heavy atom. The molecule has 47 heavy (non-hydrogen) atoms. The zero-order chi connectivity index (χ0) is 33.6. The van der Waals surface area contributed by atoms with Gasteiger partial charge in [-0.15, -0.1) is 0 Å². The van der Waals surface area contributed by atoms with Crippen molar-refractivity contribution in [3.63, 3.8) is 0 Å². The molecule has 6 rings (SSSR count). The molecule has 0 amide bonds. The summed E-state index contributed by atoms with van der Waals surface area (Å²) in [5, 5.41) is 19.6. The van der Waals surface area contributed by atoms with Crippen molar-refractivity contribution in [2.45, 2.75) is 27.7 Å². The monoisotopic (exact) mass is 629 g/mol. The SMILES string of the molecule is Cc1n[nH]c(C)c1C#Cc1ccccn1.Cc1nn(-c2ccc(F)nc2)c(C)c1C#Cc1ccccn1.O[B]Oc1ccc(F)nc1. The normalized spacial score (nSPS) is 9.68. The lowest BCUT2D eigenvalue weighted by Gasteiger charge is -2.02. The van der Waals surface area contributed by atoms with E-state index >= 15 is 0 Å². The maximum atomic E-state index is 12.9. The second kappa shape index (κ2) is 16.8. The van der Waals surface area contributed by atoms with Gasteiger partial charge in [-0.25, -0.2) is 24.6 Å². The first-order chi connectivity index (χ1) is 22.7. The molecule has 0 aliphatic rings. The lowest BCUT2D eigenvalue weighted by atomic mass is 10.2. The van der Waals surface area contributed by atoms with Crippen LogP contribution in [0.1, 0.15) is 45.3 Å². The summed E-state index contributed by atoms with van der Waals surface area (Å²) >= 11 is 0. The second-order valence-electron chi connectivity index (χ2n) is 9.58. The summed E-state index contributed by atoms with van der Waals surface area (Å²) in [5.74, 6) is 11.4. The minimum atomic E-state index is -0.578. The van der Waals surface area contributed by atoms with E-state index in [1.807, 2.05) is 64.1 Å². The molecule has 10 nitrogen and oxygen atoms in total. The van der Waals surface area contributed by atoms with E-state index in [0.29, 0.717) is 24.8 Å². The molecule has 0 unspecified atom stereocenters. The van der Waals surface area contributed by atoms with Gasteiger partial charge in [0.25, 0.3) is 0 Å². The number of halogens is 2. The molecule has 6 aromatic heterocycles. The highest BCUT2D eigenvalue weighted by Crippen LogP contribution is 2.17. The van der Waals surface area contributed by atoms with E-state index in [2.05, 4.69) is 63.6 Å². The van der Waals surface area contributed by atoms with E-state index in [1.54, 1.807) is 23.1 Å². The summed E-state index contributed by atoms with van der Waals surface area (Å²) < 4.78 is 31.2. The van der Waals surface area contributed by atoms with Crippen LogP contribution in [0.4, 0.5) is 8.78 Å². The van der Waals surface area contributed by atoms with Gasteiger partial charge >= 0.3 is 7.69 Å². The molecule has 0 aliphatic carbocycles. The Labute approximate surface area is 271 Å². The van der Waals surface area contributed by atoms with Crippen molar-refractivity contribution in [3.05, 3.63) is 143 Å². The van der Waals surface area contributed by atoms with Crippen LogP contribution in [0.25, 0.3) is 5.69 Å². The van der Waals surface area contributed by atoms with Crippen LogP contribution in [0.5, 0.6) is 5.75 Å². The van der Waals surface area contributed by atoms with E-state index in [-0.39, 0.29) is 0 Å². The fraction of sp³-hybridized carbons (Fsp3) is 0.118. The molecule has 6 heterocycles. The third kappa shape index (κ3) is 9.91. The van der Waals surface area contributed by atoms with E-state index in [1.165, 1.54) is 24.5 Å². The Morgan fingerprint density at radius 1 is 0.723 bits per heavy atom. The van der Waals surface area contributed by atoms with Crippen LogP contribution < -0.4 is 4.65 Å². The van der Waals surface area contributed by atoms with Crippen molar-refractivity contribution in [2.24, 2.45) is 0 Å². The first kappa shape index (κ1) is 33.7. The van der Waals surface area contributed by atoms with E-state index in [0.717, 1.165) is 45.7 Å². The minimum Gasteiger partial charge on any atom is -0.536 e. The summed E-state index contributed by atoms with van der Waals surface area (Å²) in [6.45, 7) is 7.71. The van der Waals surface area contributed by atoms with Crippen molar-refractivity contribution in [1.29, 1.82) is 0 Å². The third-order valence-electron chi connectivity index (χ3n) is 6.23. The number of H-pyrrole nitrogens is 1. The van der Waals surface area contributed by atoms with Gasteiger partial charge in [0.15, 0.2) is 0 Å². The Balaban J connectivity index is 0.000000173. The maximum Gasteiger partial charge on any atom is 0.569 e. The van der Waals surface area contributed by atoms with Crippen molar-refractivity contribution in [3.8, 4) is 35.1 Å². The van der Waals surface area contributed by atoms with Gasteiger partial charge in [-0.3, -0.25) is 5.10 Å². The topological polar surface area (TPSA) is 128 Å². The number of nitrogens with one attached hydrogen (secondary N) is 1. The second-order valence-corrected chi connectivity index (χ2v) is 9.58. The highest BCUT2D eigenvalue weighted by atomic mass is 19.1. The van der Waals surface area contributed by atoms with Gasteiger partial charge in [0.1, 0.15) is 17.1 Å². The van der Waals surface area contributed by atoms with Crippen molar-refractivity contribution < 1.29 is 18.5 Å². The molecule has 0 aliphatic heterocycles. The Bertz CT molecular complexity index is 1990. The molecule has 0 saturated carbocycles. The number of aromatic amines is 1. The van der Waals surface area contributed by atoms with Crippen molar-refractivity contribution >= 4 is 7.69 Å². The highest BCUT2D eigenvalue weighted by molar-refractivity contribution is 6.17. The van der Waals surface area contributed by atoms with Gasteiger partial charge in [-0.2, -0.15) is 19.0 Å². The zero-order valence-electron chi connectivity index (χ0n) is 25.9. The molecule has 0 bridgehead atoms. The lowest BCUT2D eigenvalue weighted by Crippen LogP contribution is -2.00. The number of hydrogen-bond acceptors (Lipinski definition) is 8. The number of aromatic nitrogens is 8. The fourth-order valence-corrected chi connectivity index (χ4v) is 3.92. The quantitative estimate of drug-likeness (QED) is 0.163. The van der Waals surface area contributed by atoms with Crippen LogP contribution in [0.3, 0.4) is 0 Å². The molecule has 0 spiro atoms. The number of aryl methyl sites for hydroxylation is 3. The first-order valence-corrected chi connectivity index (χ1v) is 14.0. The molecule has 0 aromatic carbocycles. The maximum absolute atomic E-state index is 12.9. The molecule has 13 heteroatoms. The number of pyridine rings is 4. The minimum absolute atomic E-state index is 0.295. The van der Waals surface area contributed by atoms with Crippen molar-refractivity contribution in [2.75, 3.05) is 0 Å². The number of nitrogens with zero attached hydrogens (tertiary/aromatic N) is 7. The standard InChI is InChI=1S/C17H13FN4.C12H11N3.C5H4BFNO2/c1-12-16(8-6-14-5-3-4-10-19-14)13(2)22(21-12)15-7-9-17(18)20-11-15;1-9-12(10(2)15-14-9)7-6-11-5-3-4-8-13-11;7-5-2-1-4(3-8-5)10-6-9/h3-5,7,9-11H,1-2H3;3-5,8H,1-2H3,(H,14,15);1-3,9H. The van der Waals surface area contributed by atoms with Crippen LogP contribution in [-0.4, -0.2) is 52.6 Å². The first-order valence-electron chi connectivity index (χ1n) is 14.0. The van der Waals surface area contributed by atoms with Gasteiger partial charge in [0.05, 0.1) is 46.3 Å². The average molecular weight is 629 g/mol. The molecule has 0 saturated heterocycles. The smallest absolute Gasteiger partial charge is 0.536 e. The number of rotatable bonds is 3. The molecular weight excluding hydrogens is 601 g/mol. The Morgan fingerprint density at radius 2 is 1.34 bits per heavy atom. The van der Waals surface area contributed by atoms with Gasteiger partial charge in [-0.05, 0) is 88.1 Å². The predicted octanol–water partition coefficient (Wildman–Crippen LogP) is 4.77. The van der Waals surface area contributed by atoms with Crippen LogP contribution in [0.2, 0.25) is 0 Å². The number of hydrogen-bond donors (Lipinski definition) is 2. The summed E-state index contributed by atoms with van der Waals surface area (Å²) in [5.41, 5.74) is 7.60. The van der Waals surface area contributed by atoms with E-state index < -0.39 is 11.9 Å². The largest absolute Gasteiger partial charge is 0.569 e. The van der Waals surface area contributed by atoms with Gasteiger partial charge < -0.3 is 9.68 Å². The lowest BCUT2D eigenvalue weighted by molar-refractivity contribution is 0.450. The van der Waals surface area contributed by atoms with Crippen LogP contribution in [0.15, 0.2) is 85.5 Å². The van der Waals surface area contributed by atoms with Gasteiger partial charge in [0, 0.05) is 18.1 Å². The summed E-state index contributed by atoms with van der Waals surface area (Å²) in [4.78, 5) is 15.2. The fourth-order valence-electron chi connectivity index (χ4n) is 3.92. The molecule has 233 valence electrons. The van der Waals surface area contributed by atoms with Crippen LogP contribution >= 0.6 is 0 Å². The molecule has 0 fully saturated rings. The average Bonchev–Trinajstić information content (AvgIpc) is 3.57. The molecule has 0 atom stereocenters. The van der Waals surface area contributed by atoms with E-state index in [4.69, 9.17) is 5.02 Å². The Kier molecular flexibility index (Phi) is 12.0. The Hall–Kier alpha value is -6.18. The zero-order valence-corrected chi connectivity index (χ0v) is 25.9. The molecule has 2 N–H and O–H groups in total. The van der Waals surface area contributed by atoms with Crippen LogP contribution in [-0.2, 0) is 0 Å². The van der Waals surface area contributed by atoms with E-state index in [9.17, 15) is 8.78 Å². The summed E-state index contributed by atoms with van der Waals surface area (Å²) in [7, 11) is 0.509. The van der Waals surface area contributed by atoms with Crippen LogP contribution in [0, 0.1) is 63.3 Å². The highest BCUT2D eigenvalue weighted by Gasteiger charge is 2.11. The molecular formula is C34H28BF2N8O2. The third-order valence-corrected chi connectivity index (χ3v) is 6.23. The summed E-state index contributed by atoms with van der Waals surface area (Å²) in [6.07, 6.45) is 6.06. The molecule has 1 radical (unpaired) electrons.